The van der Waals surface area contributed by atoms with Crippen LogP contribution >= 0.6 is 11.3 Å². The number of hydrogen-bond acceptors (Lipinski definition) is 5. The Hall–Kier alpha value is -1.92. The predicted octanol–water partition coefficient (Wildman–Crippen LogP) is 4.29. The number of piperazine rings is 1. The van der Waals surface area contributed by atoms with E-state index in [-0.39, 0.29) is 0 Å². The van der Waals surface area contributed by atoms with E-state index in [0.29, 0.717) is 0 Å². The van der Waals surface area contributed by atoms with Crippen LogP contribution in [0.15, 0.2) is 53.9 Å². The van der Waals surface area contributed by atoms with Crippen LogP contribution in [0.2, 0.25) is 0 Å². The molecule has 0 amide bonds. The van der Waals surface area contributed by atoms with E-state index in [4.69, 9.17) is 9.47 Å². The smallest absolute Gasteiger partial charge is 0.118 e. The number of fused-ring (bicyclic) bond motifs is 1. The lowest BCUT2D eigenvalue weighted by Gasteiger charge is -2.34. The first-order chi connectivity index (χ1) is 14.3. The standard InChI is InChI=1S/C24H30N2O2S/c1-27-23-7-5-20(6-8-23)19-26-13-11-25(12-14-26)15-17-28-16-9-21-3-2-4-22-10-18-29-24(21)22/h2-8,10,18H,9,11-17,19H2,1H3. The molecule has 1 aliphatic rings. The molecule has 0 atom stereocenters. The third-order valence-electron chi connectivity index (χ3n) is 5.66. The largest absolute Gasteiger partial charge is 0.497 e. The van der Waals surface area contributed by atoms with Gasteiger partial charge in [-0.05, 0) is 46.5 Å². The Balaban J connectivity index is 1.12. The Bertz CT molecular complexity index is 885. The monoisotopic (exact) mass is 410 g/mol. The first kappa shape index (κ1) is 20.4. The van der Waals surface area contributed by atoms with Gasteiger partial charge in [0.2, 0.25) is 0 Å². The van der Waals surface area contributed by atoms with Gasteiger partial charge in [-0.3, -0.25) is 9.80 Å². The van der Waals surface area contributed by atoms with E-state index < -0.39 is 0 Å². The molecule has 0 unspecified atom stereocenters. The Kier molecular flexibility index (Phi) is 7.17. The van der Waals surface area contributed by atoms with Gasteiger partial charge in [-0.2, -0.15) is 0 Å². The second-order valence-corrected chi connectivity index (χ2v) is 8.50. The Morgan fingerprint density at radius 3 is 2.48 bits per heavy atom. The van der Waals surface area contributed by atoms with Crippen molar-refractivity contribution in [1.82, 2.24) is 9.80 Å². The molecule has 5 heteroatoms. The molecule has 1 aliphatic heterocycles. The molecular weight excluding hydrogens is 380 g/mol. The molecule has 29 heavy (non-hydrogen) atoms. The van der Waals surface area contributed by atoms with E-state index in [1.54, 1.807) is 7.11 Å². The molecule has 2 heterocycles. The average Bonchev–Trinajstić information content (AvgIpc) is 3.25. The number of benzene rings is 2. The number of methoxy groups -OCH3 is 1. The lowest BCUT2D eigenvalue weighted by Crippen LogP contribution is -2.46. The minimum atomic E-state index is 0.800. The predicted molar refractivity (Wildman–Crippen MR) is 121 cm³/mol. The zero-order chi connectivity index (χ0) is 19.9. The normalized spacial score (nSPS) is 15.8. The van der Waals surface area contributed by atoms with Crippen molar-refractivity contribution in [2.75, 3.05) is 53.0 Å². The Morgan fingerprint density at radius 2 is 1.69 bits per heavy atom. The van der Waals surface area contributed by atoms with Crippen molar-refractivity contribution in [3.05, 3.63) is 65.0 Å². The molecule has 0 N–H and O–H groups in total. The highest BCUT2D eigenvalue weighted by atomic mass is 32.1. The van der Waals surface area contributed by atoms with Crippen molar-refractivity contribution in [1.29, 1.82) is 0 Å². The summed E-state index contributed by atoms with van der Waals surface area (Å²) in [6.07, 6.45) is 0.994. The lowest BCUT2D eigenvalue weighted by molar-refractivity contribution is 0.0748. The van der Waals surface area contributed by atoms with Crippen molar-refractivity contribution in [2.24, 2.45) is 0 Å². The molecule has 3 aromatic rings. The highest BCUT2D eigenvalue weighted by molar-refractivity contribution is 7.17. The van der Waals surface area contributed by atoms with Gasteiger partial charge >= 0.3 is 0 Å². The summed E-state index contributed by atoms with van der Waals surface area (Å²) in [6, 6.07) is 17.2. The lowest BCUT2D eigenvalue weighted by atomic mass is 10.1. The molecule has 4 rings (SSSR count). The Labute approximate surface area is 177 Å². The van der Waals surface area contributed by atoms with E-state index >= 15 is 0 Å². The van der Waals surface area contributed by atoms with Crippen LogP contribution < -0.4 is 4.74 Å². The van der Waals surface area contributed by atoms with Crippen LogP contribution in [0.25, 0.3) is 10.1 Å². The first-order valence-corrected chi connectivity index (χ1v) is 11.3. The van der Waals surface area contributed by atoms with Gasteiger partial charge < -0.3 is 9.47 Å². The van der Waals surface area contributed by atoms with Gasteiger partial charge in [0.15, 0.2) is 0 Å². The molecule has 0 saturated carbocycles. The van der Waals surface area contributed by atoms with Crippen molar-refractivity contribution in [2.45, 2.75) is 13.0 Å². The molecule has 0 spiro atoms. The summed E-state index contributed by atoms with van der Waals surface area (Å²) in [5, 5.41) is 3.52. The van der Waals surface area contributed by atoms with Crippen LogP contribution in [0, 0.1) is 0 Å². The highest BCUT2D eigenvalue weighted by Crippen LogP contribution is 2.25. The summed E-state index contributed by atoms with van der Waals surface area (Å²) in [5.74, 6) is 0.922. The number of nitrogens with zero attached hydrogens (tertiary/aromatic N) is 2. The van der Waals surface area contributed by atoms with Gasteiger partial charge in [0.1, 0.15) is 5.75 Å². The van der Waals surface area contributed by atoms with Crippen LogP contribution in [0.5, 0.6) is 5.75 Å². The van der Waals surface area contributed by atoms with Crippen molar-refractivity contribution >= 4 is 21.4 Å². The summed E-state index contributed by atoms with van der Waals surface area (Å²) >= 11 is 1.83. The zero-order valence-electron chi connectivity index (χ0n) is 17.2. The minimum absolute atomic E-state index is 0.800. The second-order valence-electron chi connectivity index (χ2n) is 7.58. The molecule has 1 saturated heterocycles. The summed E-state index contributed by atoms with van der Waals surface area (Å²) < 4.78 is 12.6. The third kappa shape index (κ3) is 5.58. The number of rotatable bonds is 9. The van der Waals surface area contributed by atoms with Gasteiger partial charge in [-0.25, -0.2) is 0 Å². The molecule has 0 radical (unpaired) electrons. The number of hydrogen-bond donors (Lipinski definition) is 0. The van der Waals surface area contributed by atoms with Gasteiger partial charge in [0.25, 0.3) is 0 Å². The van der Waals surface area contributed by atoms with Crippen LogP contribution in [0.4, 0.5) is 0 Å². The van der Waals surface area contributed by atoms with E-state index in [1.165, 1.54) is 21.2 Å². The fourth-order valence-electron chi connectivity index (χ4n) is 3.89. The van der Waals surface area contributed by atoms with Gasteiger partial charge in [-0.15, -0.1) is 11.3 Å². The maximum Gasteiger partial charge on any atom is 0.118 e. The van der Waals surface area contributed by atoms with E-state index in [9.17, 15) is 0 Å². The van der Waals surface area contributed by atoms with Crippen LogP contribution in [-0.4, -0.2) is 62.8 Å². The number of thiophene rings is 1. The van der Waals surface area contributed by atoms with Gasteiger partial charge in [-0.1, -0.05) is 30.3 Å². The van der Waals surface area contributed by atoms with Crippen molar-refractivity contribution in [3.8, 4) is 5.75 Å². The quantitative estimate of drug-likeness (QED) is 0.492. The first-order valence-electron chi connectivity index (χ1n) is 10.4. The van der Waals surface area contributed by atoms with Crippen LogP contribution in [-0.2, 0) is 17.7 Å². The summed E-state index contributed by atoms with van der Waals surface area (Å²) in [6.45, 7) is 8.14. The average molecular weight is 411 g/mol. The van der Waals surface area contributed by atoms with Gasteiger partial charge in [0.05, 0.1) is 20.3 Å². The molecule has 0 bridgehead atoms. The zero-order valence-corrected chi connectivity index (χ0v) is 18.0. The topological polar surface area (TPSA) is 24.9 Å². The summed E-state index contributed by atoms with van der Waals surface area (Å²) in [4.78, 5) is 5.05. The molecule has 0 aliphatic carbocycles. The molecule has 154 valence electrons. The van der Waals surface area contributed by atoms with E-state index in [2.05, 4.69) is 51.6 Å². The van der Waals surface area contributed by atoms with E-state index in [1.807, 2.05) is 23.5 Å². The summed E-state index contributed by atoms with van der Waals surface area (Å²) in [5.41, 5.74) is 2.76. The fourth-order valence-corrected chi connectivity index (χ4v) is 4.83. The second kappa shape index (κ2) is 10.2. The summed E-state index contributed by atoms with van der Waals surface area (Å²) in [7, 11) is 1.71. The van der Waals surface area contributed by atoms with Crippen LogP contribution in [0.1, 0.15) is 11.1 Å². The SMILES string of the molecule is COc1ccc(CN2CCN(CCOCCc3cccc4ccsc34)CC2)cc1. The van der Waals surface area contributed by atoms with Crippen LogP contribution in [0.3, 0.4) is 0 Å². The third-order valence-corrected chi connectivity index (χ3v) is 6.66. The molecule has 1 fully saturated rings. The fraction of sp³-hybridized carbons (Fsp3) is 0.417. The molecule has 2 aromatic carbocycles. The maximum absolute atomic E-state index is 5.95. The Morgan fingerprint density at radius 1 is 0.897 bits per heavy atom. The number of ether oxygens (including phenoxy) is 2. The molecule has 1 aromatic heterocycles. The maximum atomic E-state index is 5.95. The van der Waals surface area contributed by atoms with Gasteiger partial charge in [0, 0.05) is 44.0 Å². The highest BCUT2D eigenvalue weighted by Gasteiger charge is 2.16. The van der Waals surface area contributed by atoms with Crippen molar-refractivity contribution in [3.63, 3.8) is 0 Å². The minimum Gasteiger partial charge on any atom is -0.497 e. The van der Waals surface area contributed by atoms with Crippen molar-refractivity contribution < 1.29 is 9.47 Å². The van der Waals surface area contributed by atoms with E-state index in [0.717, 1.165) is 64.7 Å². The molecular formula is C24H30N2O2S. The molecule has 4 nitrogen and oxygen atoms in total.